The van der Waals surface area contributed by atoms with Crippen LogP contribution in [0.15, 0.2) is 41.4 Å². The Labute approximate surface area is 116 Å². The van der Waals surface area contributed by atoms with Gasteiger partial charge in [0.2, 0.25) is 5.95 Å². The fraction of sp³-hybridized carbons (Fsp3) is 0. The molecule has 0 unspecified atom stereocenters. The van der Waals surface area contributed by atoms with Crippen LogP contribution in [-0.4, -0.2) is 29.7 Å². The van der Waals surface area contributed by atoms with Crippen LogP contribution in [0.3, 0.4) is 0 Å². The zero-order chi connectivity index (χ0) is 13.2. The molecule has 7 nitrogen and oxygen atoms in total. The third-order valence-corrected chi connectivity index (χ3v) is 3.07. The van der Waals surface area contributed by atoms with Gasteiger partial charge >= 0.3 is 0 Å². The maximum atomic E-state index is 5.71. The molecule has 0 aliphatic carbocycles. The third kappa shape index (κ3) is 2.29. The van der Waals surface area contributed by atoms with E-state index in [-0.39, 0.29) is 5.95 Å². The van der Waals surface area contributed by atoms with Crippen LogP contribution in [0.25, 0.3) is 17.3 Å². The van der Waals surface area contributed by atoms with Gasteiger partial charge in [0.25, 0.3) is 5.95 Å². The van der Waals surface area contributed by atoms with Crippen LogP contribution < -0.4 is 5.73 Å². The molecule has 2 aromatic heterocycles. The Kier molecular flexibility index (Phi) is 2.92. The van der Waals surface area contributed by atoms with Crippen molar-refractivity contribution >= 4 is 21.9 Å². The Balaban J connectivity index is 2.16. The Morgan fingerprint density at radius 2 is 1.95 bits per heavy atom. The van der Waals surface area contributed by atoms with E-state index in [1.165, 1.54) is 17.3 Å². The molecule has 0 spiro atoms. The van der Waals surface area contributed by atoms with Crippen LogP contribution in [0.4, 0.5) is 5.95 Å². The molecule has 0 saturated heterocycles. The summed E-state index contributed by atoms with van der Waals surface area (Å²) in [5.41, 5.74) is 6.55. The van der Waals surface area contributed by atoms with E-state index in [1.807, 2.05) is 24.3 Å². The minimum absolute atomic E-state index is 0.131. The fourth-order valence-corrected chi connectivity index (χ4v) is 2.02. The van der Waals surface area contributed by atoms with E-state index < -0.39 is 0 Å². The molecule has 0 saturated carbocycles. The number of anilines is 1. The molecule has 8 heteroatoms. The Hall–Kier alpha value is -2.35. The molecule has 2 heterocycles. The van der Waals surface area contributed by atoms with Gasteiger partial charge in [0.15, 0.2) is 5.82 Å². The first kappa shape index (κ1) is 11.7. The van der Waals surface area contributed by atoms with Crippen molar-refractivity contribution in [3.63, 3.8) is 0 Å². The minimum atomic E-state index is 0.131. The van der Waals surface area contributed by atoms with Gasteiger partial charge in [-0.15, -0.1) is 0 Å². The fourth-order valence-electron chi connectivity index (χ4n) is 1.56. The summed E-state index contributed by atoms with van der Waals surface area (Å²) < 4.78 is 2.31. The van der Waals surface area contributed by atoms with Crippen LogP contribution >= 0.6 is 15.9 Å². The Morgan fingerprint density at radius 3 is 2.68 bits per heavy atom. The second-order valence-electron chi connectivity index (χ2n) is 3.64. The zero-order valence-electron chi connectivity index (χ0n) is 9.60. The van der Waals surface area contributed by atoms with Gasteiger partial charge in [0.05, 0.1) is 0 Å². The quantitative estimate of drug-likeness (QED) is 0.768. The molecular weight excluding hydrogens is 310 g/mol. The molecule has 0 radical (unpaired) electrons. The first-order chi connectivity index (χ1) is 9.24. The number of halogens is 1. The highest BCUT2D eigenvalue weighted by Crippen LogP contribution is 2.25. The zero-order valence-corrected chi connectivity index (χ0v) is 11.2. The summed E-state index contributed by atoms with van der Waals surface area (Å²) in [5.74, 6) is 0.937. The van der Waals surface area contributed by atoms with E-state index in [0.717, 1.165) is 10.0 Å². The largest absolute Gasteiger partial charge is 0.368 e. The van der Waals surface area contributed by atoms with Crippen LogP contribution in [0.2, 0.25) is 0 Å². The predicted molar refractivity (Wildman–Crippen MR) is 72.3 cm³/mol. The highest BCUT2D eigenvalue weighted by Gasteiger charge is 2.10. The molecule has 0 fully saturated rings. The summed E-state index contributed by atoms with van der Waals surface area (Å²) in [6.45, 7) is 0. The summed E-state index contributed by atoms with van der Waals surface area (Å²) in [4.78, 5) is 16.4. The number of nitrogens with zero attached hydrogens (tertiary/aromatic N) is 6. The van der Waals surface area contributed by atoms with Crippen molar-refractivity contribution in [1.82, 2.24) is 29.7 Å². The summed E-state index contributed by atoms with van der Waals surface area (Å²) in [5, 5.41) is 3.97. The average Bonchev–Trinajstić information content (AvgIpc) is 2.92. The lowest BCUT2D eigenvalue weighted by Gasteiger charge is -2.05. The first-order valence-electron chi connectivity index (χ1n) is 5.35. The highest BCUT2D eigenvalue weighted by atomic mass is 79.9. The molecule has 2 N–H and O–H groups in total. The third-order valence-electron chi connectivity index (χ3n) is 2.38. The number of benzene rings is 1. The van der Waals surface area contributed by atoms with Gasteiger partial charge in [-0.25, -0.2) is 4.98 Å². The van der Waals surface area contributed by atoms with Gasteiger partial charge in [-0.2, -0.15) is 24.7 Å². The van der Waals surface area contributed by atoms with Gasteiger partial charge in [-0.1, -0.05) is 34.1 Å². The SMILES string of the molecule is Nc1nc(-c2ccccc2Br)nc(-n2cncn2)n1. The van der Waals surface area contributed by atoms with Crippen molar-refractivity contribution in [3.8, 4) is 17.3 Å². The lowest BCUT2D eigenvalue weighted by molar-refractivity contribution is 0.800. The van der Waals surface area contributed by atoms with Crippen LogP contribution in [0.5, 0.6) is 0 Å². The lowest BCUT2D eigenvalue weighted by Crippen LogP contribution is -2.08. The molecular formula is C11H8BrN7. The van der Waals surface area contributed by atoms with Crippen molar-refractivity contribution in [3.05, 3.63) is 41.4 Å². The van der Waals surface area contributed by atoms with E-state index in [9.17, 15) is 0 Å². The topological polar surface area (TPSA) is 95.4 Å². The normalized spacial score (nSPS) is 10.6. The van der Waals surface area contributed by atoms with Gasteiger partial charge < -0.3 is 5.73 Å². The summed E-state index contributed by atoms with van der Waals surface area (Å²) in [7, 11) is 0. The summed E-state index contributed by atoms with van der Waals surface area (Å²) >= 11 is 3.45. The molecule has 1 aromatic carbocycles. The lowest BCUT2D eigenvalue weighted by atomic mass is 10.2. The smallest absolute Gasteiger partial charge is 0.257 e. The van der Waals surface area contributed by atoms with E-state index in [1.54, 1.807) is 0 Å². The van der Waals surface area contributed by atoms with Crippen molar-refractivity contribution in [2.75, 3.05) is 5.73 Å². The van der Waals surface area contributed by atoms with Gasteiger partial charge in [0.1, 0.15) is 12.7 Å². The molecule has 94 valence electrons. The molecule has 0 bridgehead atoms. The predicted octanol–water partition coefficient (Wildman–Crippen LogP) is 1.46. The van der Waals surface area contributed by atoms with Crippen LogP contribution in [0.1, 0.15) is 0 Å². The molecule has 19 heavy (non-hydrogen) atoms. The van der Waals surface area contributed by atoms with Crippen molar-refractivity contribution < 1.29 is 0 Å². The van der Waals surface area contributed by atoms with Crippen molar-refractivity contribution in [2.45, 2.75) is 0 Å². The van der Waals surface area contributed by atoms with Crippen LogP contribution in [-0.2, 0) is 0 Å². The van der Waals surface area contributed by atoms with E-state index in [4.69, 9.17) is 5.73 Å². The molecule has 3 rings (SSSR count). The maximum absolute atomic E-state index is 5.71. The van der Waals surface area contributed by atoms with Gasteiger partial charge in [-0.3, -0.25) is 0 Å². The molecule has 0 amide bonds. The summed E-state index contributed by atoms with van der Waals surface area (Å²) in [6, 6.07) is 7.61. The highest BCUT2D eigenvalue weighted by molar-refractivity contribution is 9.10. The van der Waals surface area contributed by atoms with E-state index >= 15 is 0 Å². The Bertz CT molecular complexity index is 711. The van der Waals surface area contributed by atoms with E-state index in [2.05, 4.69) is 41.0 Å². The number of hydrogen-bond acceptors (Lipinski definition) is 6. The number of nitrogens with two attached hydrogens (primary N) is 1. The Morgan fingerprint density at radius 1 is 1.11 bits per heavy atom. The number of hydrogen-bond donors (Lipinski definition) is 1. The molecule has 0 atom stereocenters. The van der Waals surface area contributed by atoms with Crippen LogP contribution in [0, 0.1) is 0 Å². The number of rotatable bonds is 2. The van der Waals surface area contributed by atoms with Gasteiger partial charge in [-0.05, 0) is 6.07 Å². The average molecular weight is 318 g/mol. The van der Waals surface area contributed by atoms with Gasteiger partial charge in [0, 0.05) is 10.0 Å². The second-order valence-corrected chi connectivity index (χ2v) is 4.49. The molecule has 0 aliphatic heterocycles. The van der Waals surface area contributed by atoms with E-state index in [0.29, 0.717) is 11.8 Å². The first-order valence-corrected chi connectivity index (χ1v) is 6.15. The molecule has 0 aliphatic rings. The summed E-state index contributed by atoms with van der Waals surface area (Å²) in [6.07, 6.45) is 2.90. The van der Waals surface area contributed by atoms with Crippen molar-refractivity contribution in [1.29, 1.82) is 0 Å². The molecule has 3 aromatic rings. The standard InChI is InChI=1S/C11H8BrN7/c12-8-4-2-1-3-7(8)9-16-10(13)18-11(17-9)19-6-14-5-15-19/h1-6H,(H2,13,16,17,18). The van der Waals surface area contributed by atoms with Crippen molar-refractivity contribution in [2.24, 2.45) is 0 Å². The number of aromatic nitrogens is 6. The maximum Gasteiger partial charge on any atom is 0.257 e. The monoisotopic (exact) mass is 317 g/mol. The minimum Gasteiger partial charge on any atom is -0.368 e. The second kappa shape index (κ2) is 4.73. The number of nitrogen functional groups attached to an aromatic ring is 1.